The van der Waals surface area contributed by atoms with E-state index in [1.54, 1.807) is 29.8 Å². The van der Waals surface area contributed by atoms with Gasteiger partial charge < -0.3 is 15.0 Å². The minimum Gasteiger partial charge on any atom is -0.465 e. The first kappa shape index (κ1) is 23.8. The molecule has 5 heteroatoms. The standard InChI is InChI=1S/C32H34N2O3/c1-34(27-13-9-24(10-14-27)32-19-22-15-23(20-32)17-25(32)16-22)26-11-7-21(8-12-26)18-30(35)33-29-6-4-3-5-28(29)31(36)37-2/h3-14,22-23,25H,15-20H2,1-2H3,(H,33,35). The number of amides is 1. The van der Waals surface area contributed by atoms with E-state index in [-0.39, 0.29) is 12.3 Å². The third kappa shape index (κ3) is 4.30. The number of anilines is 3. The van der Waals surface area contributed by atoms with Gasteiger partial charge in [-0.1, -0.05) is 36.4 Å². The van der Waals surface area contributed by atoms with Crippen molar-refractivity contribution in [1.82, 2.24) is 0 Å². The number of methoxy groups -OCH3 is 1. The summed E-state index contributed by atoms with van der Waals surface area (Å²) >= 11 is 0. The van der Waals surface area contributed by atoms with E-state index in [2.05, 4.69) is 53.7 Å². The SMILES string of the molecule is COC(=O)c1ccccc1NC(=O)Cc1ccc(N(C)c2ccc(C34CC5CC(CC3C5)C4)cc2)cc1. The second kappa shape index (κ2) is 9.37. The lowest BCUT2D eigenvalue weighted by Gasteiger charge is -2.34. The molecular formula is C32H34N2O3. The second-order valence-electron chi connectivity index (χ2n) is 11.2. The summed E-state index contributed by atoms with van der Waals surface area (Å²) in [6, 6.07) is 24.2. The molecule has 190 valence electrons. The summed E-state index contributed by atoms with van der Waals surface area (Å²) in [7, 11) is 3.41. The molecular weight excluding hydrogens is 460 g/mol. The lowest BCUT2D eigenvalue weighted by molar-refractivity contribution is -0.115. The normalized spacial score (nSPS) is 25.2. The quantitative estimate of drug-likeness (QED) is 0.381. The first-order chi connectivity index (χ1) is 17.9. The first-order valence-corrected chi connectivity index (χ1v) is 13.4. The van der Waals surface area contributed by atoms with Gasteiger partial charge in [-0.15, -0.1) is 0 Å². The van der Waals surface area contributed by atoms with Crippen LogP contribution in [0.1, 0.15) is 53.6 Å². The molecule has 4 fully saturated rings. The van der Waals surface area contributed by atoms with Crippen LogP contribution in [0.3, 0.4) is 0 Å². The van der Waals surface area contributed by atoms with Gasteiger partial charge in [0.1, 0.15) is 0 Å². The van der Waals surface area contributed by atoms with Crippen molar-refractivity contribution in [1.29, 1.82) is 0 Å². The van der Waals surface area contributed by atoms with E-state index in [0.29, 0.717) is 16.7 Å². The van der Waals surface area contributed by atoms with Crippen molar-refractivity contribution >= 4 is 28.9 Å². The summed E-state index contributed by atoms with van der Waals surface area (Å²) in [4.78, 5) is 26.8. The van der Waals surface area contributed by atoms with Crippen LogP contribution >= 0.6 is 0 Å². The van der Waals surface area contributed by atoms with Crippen LogP contribution < -0.4 is 10.2 Å². The zero-order valence-electron chi connectivity index (χ0n) is 21.6. The molecule has 3 aromatic rings. The fourth-order valence-electron chi connectivity index (χ4n) is 7.53. The van der Waals surface area contributed by atoms with Crippen LogP contribution in [0.25, 0.3) is 0 Å². The minimum absolute atomic E-state index is 0.179. The molecule has 0 aromatic heterocycles. The van der Waals surface area contributed by atoms with Crippen molar-refractivity contribution in [2.45, 2.75) is 43.9 Å². The number of nitrogens with one attached hydrogen (secondary N) is 1. The van der Waals surface area contributed by atoms with Gasteiger partial charge in [0.25, 0.3) is 0 Å². The van der Waals surface area contributed by atoms with Gasteiger partial charge in [-0.25, -0.2) is 4.79 Å². The van der Waals surface area contributed by atoms with Crippen LogP contribution in [0.15, 0.2) is 72.8 Å². The van der Waals surface area contributed by atoms with Gasteiger partial charge in [-0.2, -0.15) is 0 Å². The van der Waals surface area contributed by atoms with Crippen LogP contribution in [-0.2, 0) is 21.4 Å². The van der Waals surface area contributed by atoms with E-state index >= 15 is 0 Å². The number of carbonyl (C=O) groups is 2. The predicted octanol–water partition coefficient (Wildman–Crippen LogP) is 6.50. The third-order valence-electron chi connectivity index (χ3n) is 9.11. The van der Waals surface area contributed by atoms with Crippen molar-refractivity contribution in [3.63, 3.8) is 0 Å². The largest absolute Gasteiger partial charge is 0.465 e. The van der Waals surface area contributed by atoms with Crippen molar-refractivity contribution in [3.8, 4) is 0 Å². The Morgan fingerprint density at radius 1 is 0.892 bits per heavy atom. The van der Waals surface area contributed by atoms with E-state index in [1.807, 2.05) is 12.1 Å². The molecule has 5 nitrogen and oxygen atoms in total. The number of carbonyl (C=O) groups excluding carboxylic acids is 2. The fraction of sp³-hybridized carbons (Fsp3) is 0.375. The fourth-order valence-corrected chi connectivity index (χ4v) is 7.53. The lowest BCUT2D eigenvalue weighted by atomic mass is 9.71. The highest BCUT2D eigenvalue weighted by Crippen LogP contribution is 2.65. The second-order valence-corrected chi connectivity index (χ2v) is 11.2. The summed E-state index contributed by atoms with van der Waals surface area (Å²) in [6.07, 6.45) is 7.37. The van der Waals surface area contributed by atoms with Gasteiger partial charge in [-0.3, -0.25) is 4.79 Å². The molecule has 0 radical (unpaired) electrons. The number of para-hydroxylation sites is 1. The number of ether oxygens (including phenoxy) is 1. The molecule has 3 aromatic carbocycles. The van der Waals surface area contributed by atoms with Gasteiger partial charge in [0.2, 0.25) is 5.91 Å². The molecule has 7 rings (SSSR count). The average molecular weight is 495 g/mol. The Bertz CT molecular complexity index is 1300. The number of esters is 1. The van der Waals surface area contributed by atoms with E-state index in [9.17, 15) is 9.59 Å². The van der Waals surface area contributed by atoms with E-state index in [0.717, 1.165) is 29.0 Å². The molecule has 0 saturated heterocycles. The number of hydrogen-bond acceptors (Lipinski definition) is 4. The monoisotopic (exact) mass is 494 g/mol. The van der Waals surface area contributed by atoms with E-state index in [4.69, 9.17) is 4.74 Å². The van der Waals surface area contributed by atoms with Gasteiger partial charge in [0, 0.05) is 18.4 Å². The van der Waals surface area contributed by atoms with Crippen LogP contribution in [0.4, 0.5) is 17.1 Å². The highest BCUT2D eigenvalue weighted by atomic mass is 16.5. The van der Waals surface area contributed by atoms with Crippen LogP contribution in [0.5, 0.6) is 0 Å². The summed E-state index contributed by atoms with van der Waals surface area (Å²) in [5, 5.41) is 2.84. The van der Waals surface area contributed by atoms with Crippen molar-refractivity contribution in [2.75, 3.05) is 24.4 Å². The van der Waals surface area contributed by atoms with Crippen LogP contribution in [-0.4, -0.2) is 26.0 Å². The summed E-state index contributed by atoms with van der Waals surface area (Å²) in [6.45, 7) is 0. The van der Waals surface area contributed by atoms with Crippen LogP contribution in [0.2, 0.25) is 0 Å². The molecule has 4 saturated carbocycles. The minimum atomic E-state index is -0.473. The summed E-state index contributed by atoms with van der Waals surface area (Å²) in [5.74, 6) is 2.17. The van der Waals surface area contributed by atoms with Crippen LogP contribution in [0, 0.1) is 17.8 Å². The highest BCUT2D eigenvalue weighted by Gasteiger charge is 2.58. The zero-order valence-corrected chi connectivity index (χ0v) is 21.6. The van der Waals surface area contributed by atoms with Gasteiger partial charge in [0.05, 0.1) is 24.8 Å². The smallest absolute Gasteiger partial charge is 0.339 e. The highest BCUT2D eigenvalue weighted by molar-refractivity contribution is 6.01. The molecule has 0 spiro atoms. The Balaban J connectivity index is 1.10. The Morgan fingerprint density at radius 3 is 2.16 bits per heavy atom. The average Bonchev–Trinajstić information content (AvgIpc) is 3.32. The van der Waals surface area contributed by atoms with E-state index in [1.165, 1.54) is 44.9 Å². The molecule has 4 bridgehead atoms. The number of rotatable bonds is 7. The van der Waals surface area contributed by atoms with E-state index < -0.39 is 5.97 Å². The summed E-state index contributed by atoms with van der Waals surface area (Å²) < 4.78 is 4.81. The molecule has 1 N–H and O–H groups in total. The Labute approximate surface area is 218 Å². The Hall–Kier alpha value is -3.60. The maximum atomic E-state index is 12.7. The predicted molar refractivity (Wildman–Crippen MR) is 146 cm³/mol. The van der Waals surface area contributed by atoms with Gasteiger partial charge in [0.15, 0.2) is 0 Å². The molecule has 0 heterocycles. The first-order valence-electron chi connectivity index (χ1n) is 13.4. The molecule has 1 amide bonds. The Kier molecular flexibility index (Phi) is 6.02. The van der Waals surface area contributed by atoms with Gasteiger partial charge in [-0.05, 0) is 103 Å². The third-order valence-corrected chi connectivity index (χ3v) is 9.11. The lowest BCUT2D eigenvalue weighted by Crippen LogP contribution is -2.27. The molecule has 37 heavy (non-hydrogen) atoms. The van der Waals surface area contributed by atoms with Gasteiger partial charge >= 0.3 is 5.97 Å². The maximum Gasteiger partial charge on any atom is 0.339 e. The molecule has 0 aliphatic heterocycles. The molecule has 4 aliphatic rings. The number of benzene rings is 3. The number of hydrogen-bond donors (Lipinski definition) is 1. The molecule has 2 atom stereocenters. The number of nitrogens with zero attached hydrogens (tertiary/aromatic N) is 1. The van der Waals surface area contributed by atoms with Crippen molar-refractivity contribution < 1.29 is 14.3 Å². The Morgan fingerprint density at radius 2 is 1.51 bits per heavy atom. The van der Waals surface area contributed by atoms with Crippen molar-refractivity contribution in [3.05, 3.63) is 89.5 Å². The topological polar surface area (TPSA) is 58.6 Å². The van der Waals surface area contributed by atoms with Crippen molar-refractivity contribution in [2.24, 2.45) is 17.8 Å². The maximum absolute atomic E-state index is 12.7. The molecule has 4 aliphatic carbocycles. The molecule has 2 unspecified atom stereocenters. The summed E-state index contributed by atoms with van der Waals surface area (Å²) in [5.41, 5.74) is 5.95. The zero-order chi connectivity index (χ0) is 25.6.